The zero-order valence-corrected chi connectivity index (χ0v) is 15.5. The van der Waals surface area contributed by atoms with E-state index in [1.165, 1.54) is 24.3 Å². The predicted molar refractivity (Wildman–Crippen MR) is 104 cm³/mol. The number of hydrogen-bond donors (Lipinski definition) is 2. The summed E-state index contributed by atoms with van der Waals surface area (Å²) in [6.45, 7) is 3.66. The molecule has 0 aliphatic heterocycles. The molecule has 2 N–H and O–H groups in total. The van der Waals surface area contributed by atoms with Crippen LogP contribution in [0.4, 0.5) is 11.4 Å². The minimum Gasteiger partial charge on any atom is -0.462 e. The van der Waals surface area contributed by atoms with Gasteiger partial charge in [-0.1, -0.05) is 30.3 Å². The van der Waals surface area contributed by atoms with Gasteiger partial charge >= 0.3 is 5.97 Å². The van der Waals surface area contributed by atoms with Crippen LogP contribution in [0.5, 0.6) is 0 Å². The van der Waals surface area contributed by atoms with Crippen molar-refractivity contribution in [1.29, 1.82) is 5.26 Å². The molecule has 2 aromatic rings. The van der Waals surface area contributed by atoms with E-state index >= 15 is 0 Å². The lowest BCUT2D eigenvalue weighted by atomic mass is 10.1. The highest BCUT2D eigenvalue weighted by Gasteiger charge is 2.19. The van der Waals surface area contributed by atoms with Crippen molar-refractivity contribution in [2.45, 2.75) is 19.9 Å². The summed E-state index contributed by atoms with van der Waals surface area (Å²) >= 11 is 0. The van der Waals surface area contributed by atoms with Crippen LogP contribution in [0.1, 0.15) is 25.5 Å². The molecule has 0 heterocycles. The molecule has 0 fully saturated rings. The number of benzene rings is 2. The molecule has 144 valence electrons. The lowest BCUT2D eigenvalue weighted by Crippen LogP contribution is -2.27. The summed E-state index contributed by atoms with van der Waals surface area (Å²) in [5.41, 5.74) is 1.15. The molecule has 0 aromatic heterocycles. The van der Waals surface area contributed by atoms with Gasteiger partial charge in [-0.3, -0.25) is 10.1 Å². The van der Waals surface area contributed by atoms with Crippen molar-refractivity contribution in [1.82, 2.24) is 5.32 Å². The van der Waals surface area contributed by atoms with Gasteiger partial charge in [0.25, 0.3) is 5.69 Å². The largest absolute Gasteiger partial charge is 0.462 e. The van der Waals surface area contributed by atoms with Crippen LogP contribution < -0.4 is 10.6 Å². The third-order valence-electron chi connectivity index (χ3n) is 3.85. The maximum absolute atomic E-state index is 12.2. The summed E-state index contributed by atoms with van der Waals surface area (Å²) < 4.78 is 4.96. The number of esters is 1. The van der Waals surface area contributed by atoms with E-state index in [0.717, 1.165) is 5.56 Å². The number of nitrogens with zero attached hydrogens (tertiary/aromatic N) is 2. The number of nitriles is 1. The van der Waals surface area contributed by atoms with Gasteiger partial charge in [0.15, 0.2) is 5.57 Å². The Kier molecular flexibility index (Phi) is 7.11. The number of hydrogen-bond acceptors (Lipinski definition) is 7. The topological polar surface area (TPSA) is 117 Å². The van der Waals surface area contributed by atoms with Crippen molar-refractivity contribution in [2.24, 2.45) is 0 Å². The Morgan fingerprint density at radius 2 is 1.86 bits per heavy atom. The average molecular weight is 380 g/mol. The van der Waals surface area contributed by atoms with Crippen molar-refractivity contribution in [3.8, 4) is 6.07 Å². The first-order valence-corrected chi connectivity index (χ1v) is 8.60. The molecule has 0 saturated heterocycles. The maximum atomic E-state index is 12.2. The molecule has 28 heavy (non-hydrogen) atoms. The fourth-order valence-electron chi connectivity index (χ4n) is 2.43. The monoisotopic (exact) mass is 380 g/mol. The number of nitro groups is 1. The molecule has 0 unspecified atom stereocenters. The molecule has 0 bridgehead atoms. The third kappa shape index (κ3) is 5.32. The van der Waals surface area contributed by atoms with Crippen molar-refractivity contribution < 1.29 is 14.5 Å². The Balaban J connectivity index is 2.36. The summed E-state index contributed by atoms with van der Waals surface area (Å²) in [6.07, 6.45) is 0. The summed E-state index contributed by atoms with van der Waals surface area (Å²) in [4.78, 5) is 22.5. The van der Waals surface area contributed by atoms with E-state index in [4.69, 9.17) is 4.74 Å². The van der Waals surface area contributed by atoms with Crippen molar-refractivity contribution in [3.63, 3.8) is 0 Å². The number of nitro benzene ring substituents is 1. The van der Waals surface area contributed by atoms with Gasteiger partial charge in [-0.05, 0) is 31.5 Å². The van der Waals surface area contributed by atoms with E-state index in [0.29, 0.717) is 5.69 Å². The predicted octanol–water partition coefficient (Wildman–Crippen LogP) is 3.66. The minimum atomic E-state index is -0.762. The van der Waals surface area contributed by atoms with Gasteiger partial charge in [0.1, 0.15) is 11.9 Å². The van der Waals surface area contributed by atoms with E-state index < -0.39 is 10.9 Å². The first kappa shape index (κ1) is 20.5. The number of rotatable bonds is 8. The second-order valence-corrected chi connectivity index (χ2v) is 5.79. The van der Waals surface area contributed by atoms with Crippen LogP contribution in [0.25, 0.3) is 0 Å². The number of carbonyl (C=O) groups excluding carboxylic acids is 1. The quantitative estimate of drug-likeness (QED) is 0.236. The molecule has 8 nitrogen and oxygen atoms in total. The van der Waals surface area contributed by atoms with E-state index in [2.05, 4.69) is 10.6 Å². The van der Waals surface area contributed by atoms with Gasteiger partial charge in [0.2, 0.25) is 0 Å². The van der Waals surface area contributed by atoms with Crippen LogP contribution in [-0.4, -0.2) is 17.5 Å². The van der Waals surface area contributed by atoms with E-state index in [9.17, 15) is 20.2 Å². The molecule has 1 atom stereocenters. The lowest BCUT2D eigenvalue weighted by Gasteiger charge is -2.21. The molecule has 0 spiro atoms. The van der Waals surface area contributed by atoms with Gasteiger partial charge in [-0.2, -0.15) is 5.26 Å². The normalized spacial score (nSPS) is 12.2. The Morgan fingerprint density at radius 3 is 2.39 bits per heavy atom. The van der Waals surface area contributed by atoms with Gasteiger partial charge in [-0.25, -0.2) is 4.79 Å². The standard InChI is InChI=1S/C20H20N4O4/c1-3-28-20(25)18(13-21)19(22-14(2)15-7-5-4-6-8-15)23-16-9-11-17(12-10-16)24(26)27/h4-12,14,22-23H,3H2,1-2H3/b19-18-/t14-/m0/s1. The molecule has 0 aliphatic rings. The molecular formula is C20H20N4O4. The average Bonchev–Trinajstić information content (AvgIpc) is 2.69. The Morgan fingerprint density at radius 1 is 1.21 bits per heavy atom. The first-order chi connectivity index (χ1) is 13.5. The molecular weight excluding hydrogens is 360 g/mol. The molecule has 0 amide bonds. The van der Waals surface area contributed by atoms with Crippen molar-refractivity contribution in [3.05, 3.63) is 81.7 Å². The fourth-order valence-corrected chi connectivity index (χ4v) is 2.43. The van der Waals surface area contributed by atoms with Gasteiger partial charge in [0, 0.05) is 23.9 Å². The van der Waals surface area contributed by atoms with Crippen LogP contribution in [0, 0.1) is 21.4 Å². The molecule has 0 aliphatic carbocycles. The smallest absolute Gasteiger partial charge is 0.352 e. The summed E-state index contributed by atoms with van der Waals surface area (Å²) in [5.74, 6) is -0.603. The molecule has 0 radical (unpaired) electrons. The van der Waals surface area contributed by atoms with Crippen molar-refractivity contribution in [2.75, 3.05) is 11.9 Å². The summed E-state index contributed by atoms with van der Waals surface area (Å²) in [7, 11) is 0. The number of carbonyl (C=O) groups is 1. The maximum Gasteiger partial charge on any atom is 0.352 e. The zero-order valence-electron chi connectivity index (χ0n) is 15.5. The second kappa shape index (κ2) is 9.73. The van der Waals surface area contributed by atoms with Gasteiger partial charge < -0.3 is 15.4 Å². The van der Waals surface area contributed by atoms with Crippen LogP contribution in [0.3, 0.4) is 0 Å². The highest BCUT2D eigenvalue weighted by Crippen LogP contribution is 2.20. The highest BCUT2D eigenvalue weighted by molar-refractivity contribution is 5.94. The zero-order chi connectivity index (χ0) is 20.5. The Labute approximate surface area is 162 Å². The fraction of sp³-hybridized carbons (Fsp3) is 0.200. The van der Waals surface area contributed by atoms with E-state index in [1.54, 1.807) is 6.92 Å². The second-order valence-electron chi connectivity index (χ2n) is 5.79. The summed E-state index contributed by atoms with van der Waals surface area (Å²) in [6, 6.07) is 16.8. The SMILES string of the molecule is CCOC(=O)/C(C#N)=C(\Nc1ccc([N+](=O)[O-])cc1)N[C@@H](C)c1ccccc1. The molecule has 2 rings (SSSR count). The number of non-ortho nitro benzene ring substituents is 1. The lowest BCUT2D eigenvalue weighted by molar-refractivity contribution is -0.384. The van der Waals surface area contributed by atoms with Crippen LogP contribution in [0.15, 0.2) is 66.0 Å². The Bertz CT molecular complexity index is 902. The van der Waals surface area contributed by atoms with Gasteiger partial charge in [-0.15, -0.1) is 0 Å². The van der Waals surface area contributed by atoms with Crippen LogP contribution >= 0.6 is 0 Å². The minimum absolute atomic E-state index is 0.0624. The Hall–Kier alpha value is -3.86. The van der Waals surface area contributed by atoms with Crippen LogP contribution in [-0.2, 0) is 9.53 Å². The van der Waals surface area contributed by atoms with Crippen LogP contribution in [0.2, 0.25) is 0 Å². The molecule has 0 saturated carbocycles. The molecule has 2 aromatic carbocycles. The summed E-state index contributed by atoms with van der Waals surface area (Å²) in [5, 5.41) is 26.4. The van der Waals surface area contributed by atoms with Crippen molar-refractivity contribution >= 4 is 17.3 Å². The first-order valence-electron chi connectivity index (χ1n) is 8.60. The number of nitrogens with one attached hydrogen (secondary N) is 2. The van der Waals surface area contributed by atoms with E-state index in [1.807, 2.05) is 43.3 Å². The highest BCUT2D eigenvalue weighted by atomic mass is 16.6. The van der Waals surface area contributed by atoms with E-state index in [-0.39, 0.29) is 29.7 Å². The molecule has 8 heteroatoms. The van der Waals surface area contributed by atoms with Gasteiger partial charge in [0.05, 0.1) is 11.5 Å². The number of anilines is 1. The number of ether oxygens (including phenoxy) is 1. The third-order valence-corrected chi connectivity index (χ3v) is 3.85.